The second-order valence-corrected chi connectivity index (χ2v) is 12.2. The molecule has 1 heterocycles. The lowest BCUT2D eigenvalue weighted by atomic mass is 10.1. The minimum Gasteiger partial charge on any atom is -0.486 e. The third-order valence-electron chi connectivity index (χ3n) is 6.76. The molecule has 3 aromatic rings. The fourth-order valence-corrected chi connectivity index (χ4v) is 6.00. The number of anilines is 1. The summed E-state index contributed by atoms with van der Waals surface area (Å²) in [7, 11) is -4.35. The molecule has 9 nitrogen and oxygen atoms in total. The quantitative estimate of drug-likeness (QED) is 0.333. The molecule has 3 aromatic carbocycles. The average Bonchev–Trinajstić information content (AvgIpc) is 2.99. The Morgan fingerprint density at radius 2 is 1.62 bits per heavy atom. The second-order valence-electron chi connectivity index (χ2n) is 10.4. The van der Waals surface area contributed by atoms with E-state index in [2.05, 4.69) is 5.32 Å². The smallest absolute Gasteiger partial charge is 0.264 e. The molecule has 0 saturated carbocycles. The molecule has 0 radical (unpaired) electrons. The van der Waals surface area contributed by atoms with Crippen molar-refractivity contribution in [1.29, 1.82) is 0 Å². The van der Waals surface area contributed by atoms with Crippen LogP contribution in [0.4, 0.5) is 10.1 Å². The molecule has 42 heavy (non-hydrogen) atoms. The number of carbonyl (C=O) groups excluding carboxylic acids is 2. The zero-order valence-corrected chi connectivity index (χ0v) is 24.8. The van der Waals surface area contributed by atoms with E-state index >= 15 is 0 Å². The van der Waals surface area contributed by atoms with Crippen molar-refractivity contribution in [3.63, 3.8) is 0 Å². The Morgan fingerprint density at radius 1 is 0.952 bits per heavy atom. The van der Waals surface area contributed by atoms with Crippen LogP contribution in [0.5, 0.6) is 11.5 Å². The molecule has 224 valence electrons. The predicted octanol–water partition coefficient (Wildman–Crippen LogP) is 4.37. The zero-order valence-electron chi connectivity index (χ0n) is 24.0. The van der Waals surface area contributed by atoms with E-state index < -0.39 is 34.3 Å². The molecule has 0 saturated heterocycles. The highest BCUT2D eigenvalue weighted by Crippen LogP contribution is 2.34. The van der Waals surface area contributed by atoms with Crippen LogP contribution in [-0.2, 0) is 26.2 Å². The van der Waals surface area contributed by atoms with Crippen LogP contribution in [0.25, 0.3) is 0 Å². The maximum absolute atomic E-state index is 14.1. The fourth-order valence-electron chi connectivity index (χ4n) is 4.57. The monoisotopic (exact) mass is 597 g/mol. The van der Waals surface area contributed by atoms with Crippen LogP contribution in [0.1, 0.15) is 32.8 Å². The predicted molar refractivity (Wildman–Crippen MR) is 157 cm³/mol. The van der Waals surface area contributed by atoms with Gasteiger partial charge < -0.3 is 19.7 Å². The van der Waals surface area contributed by atoms with Crippen LogP contribution in [0.3, 0.4) is 0 Å². The van der Waals surface area contributed by atoms with Gasteiger partial charge in [0.1, 0.15) is 31.6 Å². The van der Waals surface area contributed by atoms with Gasteiger partial charge in [0, 0.05) is 19.2 Å². The van der Waals surface area contributed by atoms with Gasteiger partial charge in [-0.3, -0.25) is 13.9 Å². The highest BCUT2D eigenvalue weighted by atomic mass is 32.2. The van der Waals surface area contributed by atoms with Gasteiger partial charge in [-0.25, -0.2) is 12.8 Å². The molecular weight excluding hydrogens is 561 g/mol. The SMILES string of the molecule is CC[C@H](C(=O)NCC(C)C)N(Cc1ccccc1)C(=O)CN(c1ccc(F)cc1)S(=O)(=O)c1ccc2c(c1)OCCO2. The van der Waals surface area contributed by atoms with E-state index in [0.717, 1.165) is 22.0 Å². The molecule has 4 rings (SSSR count). The third kappa shape index (κ3) is 7.39. The second kappa shape index (κ2) is 13.7. The Labute approximate surface area is 246 Å². The molecule has 0 fully saturated rings. The topological polar surface area (TPSA) is 105 Å². The molecular formula is C31H36FN3O6S. The Bertz CT molecular complexity index is 1480. The van der Waals surface area contributed by atoms with Crippen molar-refractivity contribution in [3.8, 4) is 11.5 Å². The summed E-state index contributed by atoms with van der Waals surface area (Å²) in [6.07, 6.45) is 0.313. The maximum Gasteiger partial charge on any atom is 0.264 e. The number of nitrogens with one attached hydrogen (secondary N) is 1. The molecule has 1 N–H and O–H groups in total. The fraction of sp³-hybridized carbons (Fsp3) is 0.355. The van der Waals surface area contributed by atoms with Gasteiger partial charge in [-0.2, -0.15) is 0 Å². The van der Waals surface area contributed by atoms with Crippen molar-refractivity contribution >= 4 is 27.5 Å². The number of nitrogens with zero attached hydrogens (tertiary/aromatic N) is 2. The van der Waals surface area contributed by atoms with E-state index in [-0.39, 0.29) is 41.3 Å². The van der Waals surface area contributed by atoms with Crippen LogP contribution in [0, 0.1) is 11.7 Å². The number of sulfonamides is 1. The average molecular weight is 598 g/mol. The van der Waals surface area contributed by atoms with E-state index in [1.165, 1.54) is 35.2 Å². The molecule has 2 amide bonds. The summed E-state index contributed by atoms with van der Waals surface area (Å²) in [6.45, 7) is 6.25. The number of hydrogen-bond acceptors (Lipinski definition) is 6. The first-order valence-corrected chi connectivity index (χ1v) is 15.3. The highest BCUT2D eigenvalue weighted by Gasteiger charge is 2.34. The minimum atomic E-state index is -4.35. The minimum absolute atomic E-state index is 0.0919. The van der Waals surface area contributed by atoms with Gasteiger partial charge in [0.05, 0.1) is 10.6 Å². The Morgan fingerprint density at radius 3 is 2.26 bits per heavy atom. The van der Waals surface area contributed by atoms with E-state index in [9.17, 15) is 22.4 Å². The summed E-state index contributed by atoms with van der Waals surface area (Å²) in [4.78, 5) is 28.6. The van der Waals surface area contributed by atoms with E-state index in [1.807, 2.05) is 44.2 Å². The molecule has 1 aliphatic rings. The normalized spacial score (nSPS) is 13.4. The number of halogens is 1. The summed E-state index contributed by atoms with van der Waals surface area (Å²) >= 11 is 0. The number of hydrogen-bond donors (Lipinski definition) is 1. The van der Waals surface area contributed by atoms with Gasteiger partial charge in [-0.05, 0) is 54.3 Å². The first kappa shape index (κ1) is 30.8. The number of benzene rings is 3. The van der Waals surface area contributed by atoms with Crippen LogP contribution >= 0.6 is 0 Å². The van der Waals surface area contributed by atoms with Crippen LogP contribution in [0.15, 0.2) is 77.7 Å². The first-order valence-electron chi connectivity index (χ1n) is 13.9. The molecule has 0 spiro atoms. The van der Waals surface area contributed by atoms with Crippen molar-refractivity contribution < 1.29 is 31.9 Å². The lowest BCUT2D eigenvalue weighted by Gasteiger charge is -2.33. The van der Waals surface area contributed by atoms with Crippen LogP contribution in [-0.4, -0.2) is 57.5 Å². The van der Waals surface area contributed by atoms with Crippen molar-refractivity contribution in [2.75, 3.05) is 30.6 Å². The third-order valence-corrected chi connectivity index (χ3v) is 8.53. The number of amides is 2. The van der Waals surface area contributed by atoms with Gasteiger partial charge >= 0.3 is 0 Å². The molecule has 11 heteroatoms. The Balaban J connectivity index is 1.72. The number of fused-ring (bicyclic) bond motifs is 1. The standard InChI is InChI=1S/C31H36FN3O6S/c1-4-27(31(37)33-19-22(2)3)34(20-23-8-6-5-7-9-23)30(36)21-35(25-12-10-24(32)11-13-25)42(38,39)26-14-15-28-29(18-26)41-17-16-40-28/h5-15,18,22,27H,4,16-17,19-21H2,1-3H3,(H,33,37)/t27-/m1/s1. The van der Waals surface area contributed by atoms with Crippen molar-refractivity contribution in [1.82, 2.24) is 10.2 Å². The van der Waals surface area contributed by atoms with Crippen LogP contribution < -0.4 is 19.1 Å². The number of rotatable bonds is 12. The van der Waals surface area contributed by atoms with Crippen molar-refractivity contribution in [2.24, 2.45) is 5.92 Å². The molecule has 1 aliphatic heterocycles. The molecule has 0 bridgehead atoms. The first-order chi connectivity index (χ1) is 20.1. The highest BCUT2D eigenvalue weighted by molar-refractivity contribution is 7.92. The Hall–Kier alpha value is -4.12. The van der Waals surface area contributed by atoms with E-state index in [4.69, 9.17) is 9.47 Å². The lowest BCUT2D eigenvalue weighted by molar-refractivity contribution is -0.140. The van der Waals surface area contributed by atoms with Crippen molar-refractivity contribution in [2.45, 2.75) is 44.7 Å². The van der Waals surface area contributed by atoms with E-state index in [0.29, 0.717) is 25.3 Å². The summed E-state index contributed by atoms with van der Waals surface area (Å²) in [5.41, 5.74) is 0.876. The zero-order chi connectivity index (χ0) is 30.3. The van der Waals surface area contributed by atoms with Gasteiger partial charge in [0.15, 0.2) is 11.5 Å². The summed E-state index contributed by atoms with van der Waals surface area (Å²) in [5, 5.41) is 2.90. The van der Waals surface area contributed by atoms with Gasteiger partial charge in [0.2, 0.25) is 11.8 Å². The molecule has 0 unspecified atom stereocenters. The number of carbonyl (C=O) groups is 2. The van der Waals surface area contributed by atoms with Gasteiger partial charge in [0.25, 0.3) is 10.0 Å². The molecule has 1 atom stereocenters. The molecule has 0 aromatic heterocycles. The van der Waals surface area contributed by atoms with Crippen molar-refractivity contribution in [3.05, 3.63) is 84.2 Å². The largest absolute Gasteiger partial charge is 0.486 e. The Kier molecular flexibility index (Phi) is 10.1. The summed E-state index contributed by atoms with van der Waals surface area (Å²) in [6, 6.07) is 17.4. The summed E-state index contributed by atoms with van der Waals surface area (Å²) < 4.78 is 54.0. The summed E-state index contributed by atoms with van der Waals surface area (Å²) in [5.74, 6) is -0.576. The number of ether oxygens (including phenoxy) is 2. The molecule has 0 aliphatic carbocycles. The van der Waals surface area contributed by atoms with Crippen LogP contribution in [0.2, 0.25) is 0 Å². The van der Waals surface area contributed by atoms with E-state index in [1.54, 1.807) is 6.92 Å². The maximum atomic E-state index is 14.1. The lowest BCUT2D eigenvalue weighted by Crippen LogP contribution is -2.52. The van der Waals surface area contributed by atoms with Gasteiger partial charge in [-0.15, -0.1) is 0 Å². The van der Waals surface area contributed by atoms with Gasteiger partial charge in [-0.1, -0.05) is 51.1 Å².